The number of nitrogens with one attached hydrogen (secondary N) is 1. The molecular formula is C16H23NO. The van der Waals surface area contributed by atoms with Crippen LogP contribution in [0, 0.1) is 0 Å². The van der Waals surface area contributed by atoms with Crippen molar-refractivity contribution in [2.45, 2.75) is 32.6 Å². The minimum Gasteiger partial charge on any atom is -0.489 e. The van der Waals surface area contributed by atoms with Crippen LogP contribution in [-0.2, 0) is 0 Å². The summed E-state index contributed by atoms with van der Waals surface area (Å²) in [4.78, 5) is 0. The monoisotopic (exact) mass is 245 g/mol. The highest BCUT2D eigenvalue weighted by Crippen LogP contribution is 2.21. The van der Waals surface area contributed by atoms with E-state index in [0.717, 1.165) is 31.9 Å². The van der Waals surface area contributed by atoms with E-state index in [-0.39, 0.29) is 0 Å². The van der Waals surface area contributed by atoms with Gasteiger partial charge >= 0.3 is 0 Å². The zero-order valence-corrected chi connectivity index (χ0v) is 11.4. The highest BCUT2D eigenvalue weighted by Gasteiger charge is 2.05. The number of benzene rings is 1. The molecule has 0 aliphatic carbocycles. The Labute approximate surface area is 110 Å². The van der Waals surface area contributed by atoms with Gasteiger partial charge in [0, 0.05) is 6.54 Å². The number of ether oxygens (including phenoxy) is 1. The predicted molar refractivity (Wildman–Crippen MR) is 76.2 cm³/mol. The molecule has 1 aliphatic rings. The Morgan fingerprint density at radius 2 is 2.06 bits per heavy atom. The van der Waals surface area contributed by atoms with Crippen LogP contribution < -0.4 is 10.1 Å². The van der Waals surface area contributed by atoms with Crippen molar-refractivity contribution in [2.75, 3.05) is 19.7 Å². The minimum absolute atomic E-state index is 0.631. The Bertz CT molecular complexity index is 394. The molecule has 0 amide bonds. The summed E-state index contributed by atoms with van der Waals surface area (Å²) in [5.74, 6) is 1.60. The minimum atomic E-state index is 0.631. The standard InChI is InChI=1S/C16H23NO/c1-3-13(2)15-4-6-16(7-5-15)18-12-14-8-10-17-11-9-14/h4-8,13,17H,3,9-12H2,1-2H3. The van der Waals surface area contributed by atoms with Crippen LogP contribution >= 0.6 is 0 Å². The molecule has 2 nitrogen and oxygen atoms in total. The molecule has 0 fully saturated rings. The third-order valence-corrected chi connectivity index (χ3v) is 3.64. The van der Waals surface area contributed by atoms with E-state index in [2.05, 4.69) is 49.5 Å². The first kappa shape index (κ1) is 13.2. The molecule has 1 unspecified atom stereocenters. The quantitative estimate of drug-likeness (QED) is 0.802. The van der Waals surface area contributed by atoms with E-state index < -0.39 is 0 Å². The highest BCUT2D eigenvalue weighted by molar-refractivity contribution is 5.29. The van der Waals surface area contributed by atoms with Gasteiger partial charge in [0.15, 0.2) is 0 Å². The Balaban J connectivity index is 1.88. The molecule has 0 saturated heterocycles. The molecule has 1 aliphatic heterocycles. The third kappa shape index (κ3) is 3.61. The molecule has 0 radical (unpaired) electrons. The summed E-state index contributed by atoms with van der Waals surface area (Å²) >= 11 is 0. The summed E-state index contributed by atoms with van der Waals surface area (Å²) in [6, 6.07) is 8.53. The first-order valence-corrected chi connectivity index (χ1v) is 6.91. The van der Waals surface area contributed by atoms with E-state index in [0.29, 0.717) is 5.92 Å². The van der Waals surface area contributed by atoms with Crippen LogP contribution in [-0.4, -0.2) is 19.7 Å². The fraction of sp³-hybridized carbons (Fsp3) is 0.500. The van der Waals surface area contributed by atoms with E-state index in [1.165, 1.54) is 17.6 Å². The zero-order valence-electron chi connectivity index (χ0n) is 11.4. The van der Waals surface area contributed by atoms with Crippen LogP contribution in [0.25, 0.3) is 0 Å². The Morgan fingerprint density at radius 3 is 2.67 bits per heavy atom. The van der Waals surface area contributed by atoms with Gasteiger partial charge in [-0.2, -0.15) is 0 Å². The van der Waals surface area contributed by atoms with Crippen molar-refractivity contribution in [3.05, 3.63) is 41.5 Å². The normalized spacial score (nSPS) is 17.1. The van der Waals surface area contributed by atoms with E-state index in [1.54, 1.807) is 0 Å². The van der Waals surface area contributed by atoms with Gasteiger partial charge in [-0.15, -0.1) is 0 Å². The van der Waals surface area contributed by atoms with Crippen molar-refractivity contribution in [3.63, 3.8) is 0 Å². The lowest BCUT2D eigenvalue weighted by molar-refractivity contribution is 0.344. The summed E-state index contributed by atoms with van der Waals surface area (Å²) in [5, 5.41) is 3.31. The van der Waals surface area contributed by atoms with Crippen LogP contribution in [0.5, 0.6) is 5.75 Å². The molecule has 2 rings (SSSR count). The lowest BCUT2D eigenvalue weighted by atomic mass is 9.99. The Kier molecular flexibility index (Phi) is 4.82. The molecule has 0 spiro atoms. The van der Waals surface area contributed by atoms with E-state index in [9.17, 15) is 0 Å². The van der Waals surface area contributed by atoms with Crippen molar-refractivity contribution < 1.29 is 4.74 Å². The molecule has 1 N–H and O–H groups in total. The van der Waals surface area contributed by atoms with Gasteiger partial charge in [-0.3, -0.25) is 0 Å². The molecule has 0 bridgehead atoms. The zero-order chi connectivity index (χ0) is 12.8. The average molecular weight is 245 g/mol. The van der Waals surface area contributed by atoms with Crippen LogP contribution in [0.3, 0.4) is 0 Å². The average Bonchev–Trinajstić information content (AvgIpc) is 2.46. The third-order valence-electron chi connectivity index (χ3n) is 3.64. The van der Waals surface area contributed by atoms with Gasteiger partial charge in [-0.1, -0.05) is 32.1 Å². The topological polar surface area (TPSA) is 21.3 Å². The lowest BCUT2D eigenvalue weighted by Crippen LogP contribution is -2.22. The fourth-order valence-corrected chi connectivity index (χ4v) is 2.10. The highest BCUT2D eigenvalue weighted by atomic mass is 16.5. The van der Waals surface area contributed by atoms with Crippen molar-refractivity contribution in [3.8, 4) is 5.75 Å². The second-order valence-corrected chi connectivity index (χ2v) is 4.98. The van der Waals surface area contributed by atoms with Gasteiger partial charge in [0.25, 0.3) is 0 Å². The molecule has 1 heterocycles. The molecule has 1 aromatic carbocycles. The number of hydrogen-bond acceptors (Lipinski definition) is 2. The maximum Gasteiger partial charge on any atom is 0.119 e. The molecule has 1 atom stereocenters. The van der Waals surface area contributed by atoms with Crippen LogP contribution in [0.4, 0.5) is 0 Å². The Hall–Kier alpha value is -1.28. The van der Waals surface area contributed by atoms with Crippen molar-refractivity contribution >= 4 is 0 Å². The first-order chi connectivity index (χ1) is 8.79. The van der Waals surface area contributed by atoms with Crippen LogP contribution in [0.1, 0.15) is 38.2 Å². The van der Waals surface area contributed by atoms with Gasteiger partial charge in [0.1, 0.15) is 12.4 Å². The van der Waals surface area contributed by atoms with E-state index in [1.807, 2.05) is 0 Å². The smallest absolute Gasteiger partial charge is 0.119 e. The van der Waals surface area contributed by atoms with Gasteiger partial charge in [0.05, 0.1) is 0 Å². The van der Waals surface area contributed by atoms with Gasteiger partial charge < -0.3 is 10.1 Å². The molecule has 0 saturated carbocycles. The van der Waals surface area contributed by atoms with Gasteiger partial charge in [0.2, 0.25) is 0 Å². The Morgan fingerprint density at radius 1 is 1.28 bits per heavy atom. The van der Waals surface area contributed by atoms with Crippen molar-refractivity contribution in [1.82, 2.24) is 5.32 Å². The molecule has 2 heteroatoms. The van der Waals surface area contributed by atoms with Gasteiger partial charge in [-0.05, 0) is 48.6 Å². The SMILES string of the molecule is CCC(C)c1ccc(OCC2=CCNCC2)cc1. The number of hydrogen-bond donors (Lipinski definition) is 1. The van der Waals surface area contributed by atoms with E-state index in [4.69, 9.17) is 4.74 Å². The predicted octanol–water partition coefficient (Wildman–Crippen LogP) is 3.50. The maximum atomic E-state index is 5.82. The van der Waals surface area contributed by atoms with Crippen LogP contribution in [0.2, 0.25) is 0 Å². The summed E-state index contributed by atoms with van der Waals surface area (Å²) in [7, 11) is 0. The fourth-order valence-electron chi connectivity index (χ4n) is 2.10. The lowest BCUT2D eigenvalue weighted by Gasteiger charge is -2.15. The van der Waals surface area contributed by atoms with E-state index >= 15 is 0 Å². The second kappa shape index (κ2) is 6.60. The largest absolute Gasteiger partial charge is 0.489 e. The maximum absolute atomic E-state index is 5.82. The summed E-state index contributed by atoms with van der Waals surface area (Å²) in [6.45, 7) is 7.26. The molecule has 18 heavy (non-hydrogen) atoms. The molecule has 0 aromatic heterocycles. The second-order valence-electron chi connectivity index (χ2n) is 4.98. The van der Waals surface area contributed by atoms with Crippen molar-refractivity contribution in [2.24, 2.45) is 0 Å². The summed E-state index contributed by atoms with van der Waals surface area (Å²) in [5.41, 5.74) is 2.80. The summed E-state index contributed by atoms with van der Waals surface area (Å²) in [6.07, 6.45) is 4.52. The molecular weight excluding hydrogens is 222 g/mol. The van der Waals surface area contributed by atoms with Gasteiger partial charge in [-0.25, -0.2) is 0 Å². The molecule has 98 valence electrons. The van der Waals surface area contributed by atoms with Crippen molar-refractivity contribution in [1.29, 1.82) is 0 Å². The van der Waals surface area contributed by atoms with Crippen LogP contribution in [0.15, 0.2) is 35.9 Å². The number of rotatable bonds is 5. The summed E-state index contributed by atoms with van der Waals surface area (Å²) < 4.78 is 5.82. The molecule has 1 aromatic rings. The first-order valence-electron chi connectivity index (χ1n) is 6.91.